The molecule has 14 heavy (non-hydrogen) atoms. The van der Waals surface area contributed by atoms with E-state index in [0.29, 0.717) is 6.54 Å². The van der Waals surface area contributed by atoms with Gasteiger partial charge in [0, 0.05) is 23.3 Å². The Morgan fingerprint density at radius 3 is 3.14 bits per heavy atom. The average Bonchev–Trinajstić information content (AvgIpc) is 2.68. The Balaban J connectivity index is 2.31. The Kier molecular flexibility index (Phi) is 2.52. The molecule has 0 N–H and O–H groups in total. The first kappa shape index (κ1) is 8.85. The summed E-state index contributed by atoms with van der Waals surface area (Å²) >= 11 is 1.52. The Hall–Kier alpha value is -1.73. The van der Waals surface area contributed by atoms with Gasteiger partial charge in [0.15, 0.2) is 5.01 Å². The topological polar surface area (TPSA) is 30.1 Å². The zero-order chi connectivity index (χ0) is 9.80. The number of aromatic nitrogens is 2. The maximum Gasteiger partial charge on any atom is 0.265 e. The van der Waals surface area contributed by atoms with Gasteiger partial charge in [-0.15, -0.1) is 11.3 Å². The fraction of sp³-hybridized carbons (Fsp3) is 0.100. The Labute approximate surface area is 85.9 Å². The first-order valence-electron chi connectivity index (χ1n) is 4.08. The molecule has 2 aromatic heterocycles. The molecular weight excluding hydrogens is 194 g/mol. The van der Waals surface area contributed by atoms with Gasteiger partial charge in [0.1, 0.15) is 0 Å². The molecule has 0 bridgehead atoms. The molecule has 0 atom stereocenters. The number of rotatable bonds is 2. The average molecular weight is 201 g/mol. The highest BCUT2D eigenvalue weighted by molar-refractivity contribution is 7.09. The molecule has 2 rings (SSSR count). The fourth-order valence-corrected chi connectivity index (χ4v) is 1.82. The molecule has 0 aliphatic heterocycles. The van der Waals surface area contributed by atoms with Crippen LogP contribution in [0.1, 0.15) is 5.01 Å². The lowest BCUT2D eigenvalue weighted by Crippen LogP contribution is -1.80. The molecule has 4 heteroatoms. The van der Waals surface area contributed by atoms with Crippen molar-refractivity contribution in [3.63, 3.8) is 0 Å². The summed E-state index contributed by atoms with van der Waals surface area (Å²) in [4.78, 5) is 11.7. The van der Waals surface area contributed by atoms with Crippen molar-refractivity contribution in [1.29, 1.82) is 0 Å². The monoisotopic (exact) mass is 201 g/mol. The standard InChI is InChI=1S/C10H7N3S/c1-11-6-10-13-9(7-14-10)8-3-2-4-12-5-8/h2-5,7H,6H2. The largest absolute Gasteiger partial charge is 0.309 e. The Morgan fingerprint density at radius 1 is 1.50 bits per heavy atom. The van der Waals surface area contributed by atoms with E-state index >= 15 is 0 Å². The van der Waals surface area contributed by atoms with E-state index in [4.69, 9.17) is 6.57 Å². The number of nitrogens with zero attached hydrogens (tertiary/aromatic N) is 3. The van der Waals surface area contributed by atoms with E-state index in [2.05, 4.69) is 14.8 Å². The molecule has 0 radical (unpaired) electrons. The van der Waals surface area contributed by atoms with Gasteiger partial charge in [-0.05, 0) is 12.1 Å². The molecule has 0 amide bonds. The zero-order valence-electron chi connectivity index (χ0n) is 7.34. The van der Waals surface area contributed by atoms with Gasteiger partial charge in [0.25, 0.3) is 6.54 Å². The van der Waals surface area contributed by atoms with Crippen molar-refractivity contribution in [3.8, 4) is 11.3 Å². The second kappa shape index (κ2) is 3.99. The van der Waals surface area contributed by atoms with Crippen LogP contribution >= 0.6 is 11.3 Å². The van der Waals surface area contributed by atoms with Crippen LogP contribution in [0.2, 0.25) is 0 Å². The van der Waals surface area contributed by atoms with E-state index in [1.54, 1.807) is 12.4 Å². The van der Waals surface area contributed by atoms with Gasteiger partial charge in [-0.25, -0.2) is 11.6 Å². The summed E-state index contributed by atoms with van der Waals surface area (Å²) in [7, 11) is 0. The van der Waals surface area contributed by atoms with Gasteiger partial charge >= 0.3 is 0 Å². The molecule has 0 aromatic carbocycles. The molecule has 0 aliphatic rings. The lowest BCUT2D eigenvalue weighted by Gasteiger charge is -1.92. The van der Waals surface area contributed by atoms with Crippen LogP contribution in [-0.2, 0) is 6.54 Å². The number of thiazole rings is 1. The van der Waals surface area contributed by atoms with Gasteiger partial charge in [-0.2, -0.15) is 0 Å². The SMILES string of the molecule is [C-]#[N+]Cc1nc(-c2cccnc2)cs1. The maximum atomic E-state index is 6.73. The molecule has 0 fully saturated rings. The predicted molar refractivity (Wildman–Crippen MR) is 55.7 cm³/mol. The van der Waals surface area contributed by atoms with Crippen LogP contribution in [0.25, 0.3) is 16.1 Å². The molecule has 0 aliphatic carbocycles. The minimum Gasteiger partial charge on any atom is -0.309 e. The quantitative estimate of drug-likeness (QED) is 0.699. The lowest BCUT2D eigenvalue weighted by atomic mass is 10.2. The van der Waals surface area contributed by atoms with Crippen molar-refractivity contribution in [1.82, 2.24) is 9.97 Å². The molecule has 3 nitrogen and oxygen atoms in total. The van der Waals surface area contributed by atoms with Crippen LogP contribution in [0.4, 0.5) is 0 Å². The van der Waals surface area contributed by atoms with Crippen molar-refractivity contribution < 1.29 is 0 Å². The third kappa shape index (κ3) is 1.78. The van der Waals surface area contributed by atoms with Crippen LogP contribution in [-0.4, -0.2) is 9.97 Å². The number of hydrogen-bond donors (Lipinski definition) is 0. The van der Waals surface area contributed by atoms with E-state index in [1.807, 2.05) is 17.5 Å². The molecule has 0 saturated heterocycles. The van der Waals surface area contributed by atoms with Gasteiger partial charge in [-0.3, -0.25) is 4.98 Å². The van der Waals surface area contributed by atoms with Gasteiger partial charge in [-0.1, -0.05) is 0 Å². The summed E-state index contributed by atoms with van der Waals surface area (Å²) in [6.07, 6.45) is 3.51. The second-order valence-electron chi connectivity index (χ2n) is 2.68. The van der Waals surface area contributed by atoms with Crippen molar-refractivity contribution in [2.75, 3.05) is 0 Å². The van der Waals surface area contributed by atoms with E-state index < -0.39 is 0 Å². The number of hydrogen-bond acceptors (Lipinski definition) is 3. The van der Waals surface area contributed by atoms with Crippen molar-refractivity contribution in [2.45, 2.75) is 6.54 Å². The summed E-state index contributed by atoms with van der Waals surface area (Å²) in [6.45, 7) is 7.10. The van der Waals surface area contributed by atoms with Crippen LogP contribution in [0.3, 0.4) is 0 Å². The summed E-state index contributed by atoms with van der Waals surface area (Å²) in [6, 6.07) is 3.84. The van der Waals surface area contributed by atoms with E-state index in [-0.39, 0.29) is 0 Å². The third-order valence-electron chi connectivity index (χ3n) is 1.72. The predicted octanol–water partition coefficient (Wildman–Crippen LogP) is 2.62. The van der Waals surface area contributed by atoms with Crippen LogP contribution in [0.5, 0.6) is 0 Å². The minimum absolute atomic E-state index is 0.366. The van der Waals surface area contributed by atoms with Crippen molar-refractivity contribution >= 4 is 11.3 Å². The molecule has 0 spiro atoms. The van der Waals surface area contributed by atoms with Crippen LogP contribution in [0.15, 0.2) is 29.9 Å². The highest BCUT2D eigenvalue weighted by Crippen LogP contribution is 2.20. The summed E-state index contributed by atoms with van der Waals surface area (Å²) in [5.41, 5.74) is 1.90. The van der Waals surface area contributed by atoms with Gasteiger partial charge < -0.3 is 4.85 Å². The fourth-order valence-electron chi connectivity index (χ4n) is 1.10. The molecule has 0 saturated carbocycles. The molecule has 2 heterocycles. The van der Waals surface area contributed by atoms with Gasteiger partial charge in [0.2, 0.25) is 0 Å². The molecular formula is C10H7N3S. The first-order valence-corrected chi connectivity index (χ1v) is 4.96. The minimum atomic E-state index is 0.366. The van der Waals surface area contributed by atoms with E-state index in [9.17, 15) is 0 Å². The number of pyridine rings is 1. The second-order valence-corrected chi connectivity index (χ2v) is 3.63. The lowest BCUT2D eigenvalue weighted by molar-refractivity contribution is 1.18. The normalized spacial score (nSPS) is 9.64. The summed E-state index contributed by atoms with van der Waals surface area (Å²) < 4.78 is 0. The van der Waals surface area contributed by atoms with Crippen LogP contribution < -0.4 is 0 Å². The van der Waals surface area contributed by atoms with E-state index in [0.717, 1.165) is 16.3 Å². The van der Waals surface area contributed by atoms with E-state index in [1.165, 1.54) is 11.3 Å². The Bertz CT molecular complexity index is 456. The van der Waals surface area contributed by atoms with Crippen LogP contribution in [0, 0.1) is 6.57 Å². The highest BCUT2D eigenvalue weighted by atomic mass is 32.1. The smallest absolute Gasteiger partial charge is 0.265 e. The molecule has 2 aromatic rings. The highest BCUT2D eigenvalue weighted by Gasteiger charge is 2.05. The molecule has 68 valence electrons. The van der Waals surface area contributed by atoms with Crippen molar-refractivity contribution in [3.05, 3.63) is 46.3 Å². The third-order valence-corrected chi connectivity index (χ3v) is 2.56. The Morgan fingerprint density at radius 2 is 2.43 bits per heavy atom. The van der Waals surface area contributed by atoms with Crippen molar-refractivity contribution in [2.24, 2.45) is 0 Å². The summed E-state index contributed by atoms with van der Waals surface area (Å²) in [5, 5.41) is 2.82. The van der Waals surface area contributed by atoms with Gasteiger partial charge in [0.05, 0.1) is 5.69 Å². The first-order chi connectivity index (χ1) is 6.90. The summed E-state index contributed by atoms with van der Waals surface area (Å²) in [5.74, 6) is 0. The molecule has 0 unspecified atom stereocenters. The maximum absolute atomic E-state index is 6.73. The zero-order valence-corrected chi connectivity index (χ0v) is 8.16.